The number of anilines is 4. The molecule has 4 aromatic rings. The van der Waals surface area contributed by atoms with Gasteiger partial charge in [0.2, 0.25) is 11.9 Å². The molecule has 2 aliphatic rings. The Morgan fingerprint density at radius 1 is 0.974 bits per heavy atom. The minimum absolute atomic E-state index is 0.0239. The quantitative estimate of drug-likeness (QED) is 0.402. The highest BCUT2D eigenvalue weighted by molar-refractivity contribution is 5.99. The number of aromatic nitrogens is 4. The average molecular weight is 520 g/mol. The van der Waals surface area contributed by atoms with Crippen molar-refractivity contribution in [2.75, 3.05) is 28.2 Å². The zero-order valence-corrected chi connectivity index (χ0v) is 20.3. The van der Waals surface area contributed by atoms with Crippen LogP contribution < -0.4 is 15.1 Å². The third kappa shape index (κ3) is 4.44. The summed E-state index contributed by atoms with van der Waals surface area (Å²) in [6.07, 6.45) is -0.666. The Morgan fingerprint density at radius 2 is 1.71 bits per heavy atom. The lowest BCUT2D eigenvalue weighted by Crippen LogP contribution is -2.43. The van der Waals surface area contributed by atoms with Gasteiger partial charge in [-0.05, 0) is 43.2 Å². The first-order chi connectivity index (χ1) is 18.4. The maximum absolute atomic E-state index is 13.9. The van der Waals surface area contributed by atoms with Gasteiger partial charge in [0.1, 0.15) is 11.5 Å². The van der Waals surface area contributed by atoms with Crippen LogP contribution in [0.15, 0.2) is 73.1 Å². The fourth-order valence-corrected chi connectivity index (χ4v) is 5.00. The number of halogens is 3. The lowest BCUT2D eigenvalue weighted by Gasteiger charge is -2.34. The molecule has 1 N–H and O–H groups in total. The number of rotatable bonds is 3. The molecule has 0 bridgehead atoms. The van der Waals surface area contributed by atoms with Crippen molar-refractivity contribution in [1.82, 2.24) is 19.7 Å². The lowest BCUT2D eigenvalue weighted by molar-refractivity contribution is -0.141. The van der Waals surface area contributed by atoms with E-state index in [-0.39, 0.29) is 17.8 Å². The number of hydrogen-bond acceptors (Lipinski definition) is 6. The fourth-order valence-electron chi connectivity index (χ4n) is 5.00. The highest BCUT2D eigenvalue weighted by Crippen LogP contribution is 2.38. The van der Waals surface area contributed by atoms with Crippen molar-refractivity contribution in [1.29, 1.82) is 0 Å². The summed E-state index contributed by atoms with van der Waals surface area (Å²) in [7, 11) is 0. The molecule has 11 heteroatoms. The summed E-state index contributed by atoms with van der Waals surface area (Å²) in [5.41, 5.74) is 2.39. The van der Waals surface area contributed by atoms with Crippen molar-refractivity contribution in [2.24, 2.45) is 5.92 Å². The summed E-state index contributed by atoms with van der Waals surface area (Å²) >= 11 is 0. The third-order valence-corrected chi connectivity index (χ3v) is 6.95. The van der Waals surface area contributed by atoms with Crippen molar-refractivity contribution in [3.8, 4) is 5.69 Å². The van der Waals surface area contributed by atoms with E-state index < -0.39 is 11.9 Å². The summed E-state index contributed by atoms with van der Waals surface area (Å²) in [6, 6.07) is 18.3. The molecular formula is C27H24F3N7O. The minimum atomic E-state index is -4.53. The van der Waals surface area contributed by atoms with Crippen LogP contribution in [-0.4, -0.2) is 38.7 Å². The molecule has 1 fully saturated rings. The summed E-state index contributed by atoms with van der Waals surface area (Å²) in [6.45, 7) is 1.13. The molecular weight excluding hydrogens is 495 g/mol. The predicted molar refractivity (Wildman–Crippen MR) is 136 cm³/mol. The number of hydrogen-bond donors (Lipinski definition) is 1. The maximum Gasteiger partial charge on any atom is 0.433 e. The molecule has 194 valence electrons. The zero-order valence-electron chi connectivity index (χ0n) is 20.3. The molecule has 0 radical (unpaired) electrons. The molecule has 0 aliphatic carbocycles. The number of carbonyl (C=O) groups is 1. The van der Waals surface area contributed by atoms with Crippen molar-refractivity contribution in [3.05, 3.63) is 84.3 Å². The van der Waals surface area contributed by atoms with E-state index in [0.29, 0.717) is 32.5 Å². The first-order valence-corrected chi connectivity index (χ1v) is 12.3. The number of fused-ring (bicyclic) bond motifs is 2. The van der Waals surface area contributed by atoms with Crippen LogP contribution in [0.5, 0.6) is 0 Å². The summed E-state index contributed by atoms with van der Waals surface area (Å²) < 4.78 is 41.1. The van der Waals surface area contributed by atoms with E-state index in [1.807, 2.05) is 59.3 Å². The number of carbonyl (C=O) groups excluding carboxylic acids is 1. The van der Waals surface area contributed by atoms with Gasteiger partial charge in [-0.1, -0.05) is 30.3 Å². The molecule has 0 unspecified atom stereocenters. The summed E-state index contributed by atoms with van der Waals surface area (Å²) in [5.74, 6) is 0.531. The van der Waals surface area contributed by atoms with Crippen LogP contribution in [0.1, 0.15) is 24.1 Å². The van der Waals surface area contributed by atoms with Gasteiger partial charge in [0.25, 0.3) is 0 Å². The van der Waals surface area contributed by atoms with Crippen LogP contribution in [0.4, 0.5) is 36.3 Å². The number of benzene rings is 2. The average Bonchev–Trinajstić information content (AvgIpc) is 3.26. The number of para-hydroxylation sites is 3. The van der Waals surface area contributed by atoms with Crippen LogP contribution in [-0.2, 0) is 17.5 Å². The predicted octanol–water partition coefficient (Wildman–Crippen LogP) is 5.19. The molecule has 6 rings (SSSR count). The smallest absolute Gasteiger partial charge is 0.341 e. The maximum atomic E-state index is 13.9. The third-order valence-electron chi connectivity index (χ3n) is 6.95. The molecule has 38 heavy (non-hydrogen) atoms. The lowest BCUT2D eigenvalue weighted by atomic mass is 9.95. The summed E-state index contributed by atoms with van der Waals surface area (Å²) in [5, 5.41) is 8.05. The monoisotopic (exact) mass is 519 g/mol. The Bertz CT molecular complexity index is 1460. The first kappa shape index (κ1) is 24.0. The van der Waals surface area contributed by atoms with Gasteiger partial charge in [-0.25, -0.2) is 14.6 Å². The van der Waals surface area contributed by atoms with Gasteiger partial charge in [0.05, 0.1) is 29.8 Å². The minimum Gasteiger partial charge on any atom is -0.341 e. The van der Waals surface area contributed by atoms with E-state index in [1.54, 1.807) is 16.0 Å². The van der Waals surface area contributed by atoms with Gasteiger partial charge < -0.3 is 15.1 Å². The second-order valence-corrected chi connectivity index (χ2v) is 9.33. The Balaban J connectivity index is 1.23. The van der Waals surface area contributed by atoms with Gasteiger partial charge >= 0.3 is 6.18 Å². The molecule has 0 saturated carbocycles. The van der Waals surface area contributed by atoms with E-state index in [4.69, 9.17) is 0 Å². The highest BCUT2D eigenvalue weighted by atomic mass is 19.4. The van der Waals surface area contributed by atoms with E-state index in [0.717, 1.165) is 40.7 Å². The molecule has 1 amide bonds. The highest BCUT2D eigenvalue weighted by Gasteiger charge is 2.35. The molecule has 1 saturated heterocycles. The molecule has 4 heterocycles. The van der Waals surface area contributed by atoms with E-state index in [1.165, 1.54) is 0 Å². The van der Waals surface area contributed by atoms with Crippen LogP contribution in [0.3, 0.4) is 0 Å². The van der Waals surface area contributed by atoms with Crippen molar-refractivity contribution in [3.63, 3.8) is 0 Å². The largest absolute Gasteiger partial charge is 0.433 e. The van der Waals surface area contributed by atoms with Gasteiger partial charge in [0, 0.05) is 30.8 Å². The molecule has 0 spiro atoms. The van der Waals surface area contributed by atoms with E-state index in [2.05, 4.69) is 20.4 Å². The molecule has 0 atom stereocenters. The normalized spacial score (nSPS) is 15.9. The van der Waals surface area contributed by atoms with Crippen molar-refractivity contribution in [2.45, 2.75) is 25.6 Å². The number of alkyl halides is 3. The molecule has 2 aliphatic heterocycles. The number of amides is 1. The molecule has 2 aromatic carbocycles. The van der Waals surface area contributed by atoms with Gasteiger partial charge in [-0.3, -0.25) is 4.79 Å². The number of piperidine rings is 1. The second-order valence-electron chi connectivity index (χ2n) is 9.33. The van der Waals surface area contributed by atoms with Gasteiger partial charge in [0.15, 0.2) is 0 Å². The van der Waals surface area contributed by atoms with Crippen LogP contribution in [0.25, 0.3) is 5.69 Å². The van der Waals surface area contributed by atoms with Crippen molar-refractivity contribution >= 4 is 29.0 Å². The number of nitrogens with zero attached hydrogens (tertiary/aromatic N) is 6. The van der Waals surface area contributed by atoms with Gasteiger partial charge in [-0.2, -0.15) is 18.3 Å². The SMILES string of the molecule is O=C(C1CCN(c2nccc(C(F)(F)F)n2)CC1)N1Cc2cnn(-c3ccccc3)c2Nc2ccccc21. The fraction of sp³-hybridized carbons (Fsp3) is 0.259. The van der Waals surface area contributed by atoms with Crippen molar-refractivity contribution < 1.29 is 18.0 Å². The Labute approximate surface area is 216 Å². The standard InChI is InChI=1S/C27H24F3N7O/c28-27(29,30)23-10-13-31-26(34-23)35-14-11-18(12-15-35)25(38)36-17-19-16-32-37(20-6-2-1-3-7-20)24(19)33-21-8-4-5-9-22(21)36/h1-10,13,16,18,33H,11-12,14-15,17H2. The topological polar surface area (TPSA) is 79.2 Å². The second kappa shape index (κ2) is 9.47. The van der Waals surface area contributed by atoms with Gasteiger partial charge in [-0.15, -0.1) is 0 Å². The summed E-state index contributed by atoms with van der Waals surface area (Å²) in [4.78, 5) is 25.1. The van der Waals surface area contributed by atoms with Crippen LogP contribution in [0, 0.1) is 5.92 Å². The Kier molecular flexibility index (Phi) is 5.97. The zero-order chi connectivity index (χ0) is 26.3. The van der Waals surface area contributed by atoms with Crippen LogP contribution in [0.2, 0.25) is 0 Å². The molecule has 8 nitrogen and oxygen atoms in total. The Morgan fingerprint density at radius 3 is 2.47 bits per heavy atom. The Hall–Kier alpha value is -4.41. The molecule has 2 aromatic heterocycles. The van der Waals surface area contributed by atoms with E-state index >= 15 is 0 Å². The number of nitrogens with one attached hydrogen (secondary N) is 1. The van der Waals surface area contributed by atoms with E-state index in [9.17, 15) is 18.0 Å². The first-order valence-electron chi connectivity index (χ1n) is 12.3. The van der Waals surface area contributed by atoms with Crippen LogP contribution >= 0.6 is 0 Å².